The highest BCUT2D eigenvalue weighted by Gasteiger charge is 2.29. The second-order valence-corrected chi connectivity index (χ2v) is 4.60. The molecule has 1 amide bonds. The molecule has 1 saturated heterocycles. The van der Waals surface area contributed by atoms with Crippen LogP contribution in [-0.2, 0) is 0 Å². The molecule has 1 fully saturated rings. The summed E-state index contributed by atoms with van der Waals surface area (Å²) >= 11 is 0. The zero-order valence-corrected chi connectivity index (χ0v) is 10.3. The van der Waals surface area contributed by atoms with E-state index in [-0.39, 0.29) is 5.91 Å². The molecule has 92 valence electrons. The molecule has 0 saturated carbocycles. The van der Waals surface area contributed by atoms with Crippen molar-refractivity contribution in [1.82, 2.24) is 14.8 Å². The normalized spacial score (nSPS) is 19.9. The van der Waals surface area contributed by atoms with Gasteiger partial charge in [-0.1, -0.05) is 0 Å². The fourth-order valence-electron chi connectivity index (χ4n) is 2.09. The lowest BCUT2D eigenvalue weighted by atomic mass is 10.2. The van der Waals surface area contributed by atoms with E-state index in [9.17, 15) is 4.79 Å². The van der Waals surface area contributed by atoms with E-state index in [4.69, 9.17) is 5.73 Å². The predicted molar refractivity (Wildman–Crippen MR) is 66.6 cm³/mol. The molecule has 17 heavy (non-hydrogen) atoms. The molecule has 5 nitrogen and oxygen atoms in total. The number of carbonyl (C=O) groups excluding carboxylic acids is 1. The molecule has 0 aromatic carbocycles. The quantitative estimate of drug-likeness (QED) is 0.806. The lowest BCUT2D eigenvalue weighted by Gasteiger charge is -2.20. The van der Waals surface area contributed by atoms with Gasteiger partial charge in [0.15, 0.2) is 5.69 Å². The largest absolute Gasteiger partial charge is 0.397 e. The number of anilines is 1. The van der Waals surface area contributed by atoms with Crippen LogP contribution in [0.5, 0.6) is 0 Å². The molecule has 2 heterocycles. The minimum absolute atomic E-state index is 0.0625. The molecule has 1 atom stereocenters. The Labute approximate surface area is 101 Å². The third-order valence-electron chi connectivity index (χ3n) is 3.22. The number of pyridine rings is 1. The fourth-order valence-corrected chi connectivity index (χ4v) is 2.09. The molecule has 1 aliphatic heterocycles. The first-order valence-electron chi connectivity index (χ1n) is 5.76. The number of likely N-dealkylation sites (N-methyl/N-ethyl adjacent to an activating group) is 1. The van der Waals surface area contributed by atoms with E-state index in [1.165, 1.54) is 0 Å². The average molecular weight is 234 g/mol. The topological polar surface area (TPSA) is 62.5 Å². The Morgan fingerprint density at radius 1 is 1.59 bits per heavy atom. The van der Waals surface area contributed by atoms with Gasteiger partial charge in [0.1, 0.15) is 0 Å². The Bertz CT molecular complexity index is 419. The lowest BCUT2D eigenvalue weighted by molar-refractivity contribution is 0.0778. The summed E-state index contributed by atoms with van der Waals surface area (Å²) in [5.41, 5.74) is 6.58. The average Bonchev–Trinajstić information content (AvgIpc) is 2.78. The highest BCUT2D eigenvalue weighted by Crippen LogP contribution is 2.17. The van der Waals surface area contributed by atoms with Gasteiger partial charge in [-0.15, -0.1) is 0 Å². The smallest absolute Gasteiger partial charge is 0.274 e. The monoisotopic (exact) mass is 234 g/mol. The summed E-state index contributed by atoms with van der Waals surface area (Å²) < 4.78 is 0. The standard InChI is InChI=1S/C12H18N4O/c1-15(2)9-5-7-16(8-9)12(17)11-10(13)4-3-6-14-11/h3-4,6,9H,5,7-8,13H2,1-2H3. The molecule has 5 heteroatoms. The van der Waals surface area contributed by atoms with Crippen molar-refractivity contribution in [2.24, 2.45) is 0 Å². The van der Waals surface area contributed by atoms with E-state index in [2.05, 4.69) is 9.88 Å². The summed E-state index contributed by atoms with van der Waals surface area (Å²) in [7, 11) is 4.07. The van der Waals surface area contributed by atoms with E-state index < -0.39 is 0 Å². The number of hydrogen-bond donors (Lipinski definition) is 1. The highest BCUT2D eigenvalue weighted by atomic mass is 16.2. The fraction of sp³-hybridized carbons (Fsp3) is 0.500. The molecule has 0 aliphatic carbocycles. The molecule has 0 radical (unpaired) electrons. The molecule has 0 bridgehead atoms. The zero-order chi connectivity index (χ0) is 12.4. The molecular weight excluding hydrogens is 216 g/mol. The Kier molecular flexibility index (Phi) is 3.28. The summed E-state index contributed by atoms with van der Waals surface area (Å²) in [6.45, 7) is 1.53. The van der Waals surface area contributed by atoms with Gasteiger partial charge in [-0.25, -0.2) is 4.98 Å². The Balaban J connectivity index is 2.10. The van der Waals surface area contributed by atoms with E-state index >= 15 is 0 Å². The molecule has 2 rings (SSSR count). The van der Waals surface area contributed by atoms with Crippen molar-refractivity contribution >= 4 is 11.6 Å². The highest BCUT2D eigenvalue weighted by molar-refractivity contribution is 5.97. The van der Waals surface area contributed by atoms with Crippen LogP contribution in [0.1, 0.15) is 16.9 Å². The second kappa shape index (κ2) is 4.71. The van der Waals surface area contributed by atoms with Gasteiger partial charge in [0.05, 0.1) is 5.69 Å². The summed E-state index contributed by atoms with van der Waals surface area (Å²) in [6.07, 6.45) is 2.61. The van der Waals surface area contributed by atoms with E-state index in [1.807, 2.05) is 19.0 Å². The van der Waals surface area contributed by atoms with Crippen LogP contribution in [0.4, 0.5) is 5.69 Å². The SMILES string of the molecule is CN(C)C1CCN(C(=O)c2ncccc2N)C1. The zero-order valence-electron chi connectivity index (χ0n) is 10.3. The van der Waals surface area contributed by atoms with Crippen LogP contribution >= 0.6 is 0 Å². The number of likely N-dealkylation sites (tertiary alicyclic amines) is 1. The van der Waals surface area contributed by atoms with Crippen LogP contribution in [0, 0.1) is 0 Å². The molecule has 0 spiro atoms. The number of hydrogen-bond acceptors (Lipinski definition) is 4. The van der Waals surface area contributed by atoms with Gasteiger partial charge in [-0.05, 0) is 32.6 Å². The number of nitrogen functional groups attached to an aromatic ring is 1. The van der Waals surface area contributed by atoms with Crippen LogP contribution in [-0.4, -0.2) is 53.9 Å². The molecule has 2 N–H and O–H groups in total. The van der Waals surface area contributed by atoms with Gasteiger partial charge in [-0.2, -0.15) is 0 Å². The maximum Gasteiger partial charge on any atom is 0.274 e. The summed E-state index contributed by atoms with van der Waals surface area (Å²) in [5, 5.41) is 0. The summed E-state index contributed by atoms with van der Waals surface area (Å²) in [6, 6.07) is 3.88. The van der Waals surface area contributed by atoms with E-state index in [0.29, 0.717) is 17.4 Å². The lowest BCUT2D eigenvalue weighted by Crippen LogP contribution is -2.35. The third-order valence-corrected chi connectivity index (χ3v) is 3.22. The molecule has 1 aliphatic rings. The maximum absolute atomic E-state index is 12.2. The predicted octanol–water partition coefficient (Wildman–Crippen LogP) is 0.440. The van der Waals surface area contributed by atoms with Crippen molar-refractivity contribution in [3.63, 3.8) is 0 Å². The van der Waals surface area contributed by atoms with Gasteiger partial charge in [0, 0.05) is 25.3 Å². The molecule has 1 unspecified atom stereocenters. The summed E-state index contributed by atoms with van der Waals surface area (Å²) in [5.74, 6) is -0.0625. The van der Waals surface area contributed by atoms with E-state index in [1.54, 1.807) is 18.3 Å². The number of aromatic nitrogens is 1. The van der Waals surface area contributed by atoms with Crippen molar-refractivity contribution < 1.29 is 4.79 Å². The van der Waals surface area contributed by atoms with Gasteiger partial charge in [0.25, 0.3) is 5.91 Å². The second-order valence-electron chi connectivity index (χ2n) is 4.60. The molecule has 1 aromatic rings. The third kappa shape index (κ3) is 2.39. The number of nitrogens with two attached hydrogens (primary N) is 1. The first-order valence-corrected chi connectivity index (χ1v) is 5.76. The van der Waals surface area contributed by atoms with Crippen molar-refractivity contribution in [3.8, 4) is 0 Å². The van der Waals surface area contributed by atoms with Crippen molar-refractivity contribution in [2.45, 2.75) is 12.5 Å². The van der Waals surface area contributed by atoms with Gasteiger partial charge < -0.3 is 15.5 Å². The number of amides is 1. The number of nitrogens with zero attached hydrogens (tertiary/aromatic N) is 3. The van der Waals surface area contributed by atoms with Crippen LogP contribution < -0.4 is 5.73 Å². The molecule has 1 aromatic heterocycles. The van der Waals surface area contributed by atoms with Gasteiger partial charge >= 0.3 is 0 Å². The Hall–Kier alpha value is -1.62. The van der Waals surface area contributed by atoms with Crippen LogP contribution in [0.15, 0.2) is 18.3 Å². The number of rotatable bonds is 2. The van der Waals surface area contributed by atoms with Crippen LogP contribution in [0.3, 0.4) is 0 Å². The first-order chi connectivity index (χ1) is 8.09. The Morgan fingerprint density at radius 2 is 2.35 bits per heavy atom. The van der Waals surface area contributed by atoms with E-state index in [0.717, 1.165) is 19.5 Å². The van der Waals surface area contributed by atoms with Crippen molar-refractivity contribution in [3.05, 3.63) is 24.0 Å². The van der Waals surface area contributed by atoms with Gasteiger partial charge in [0.2, 0.25) is 0 Å². The van der Waals surface area contributed by atoms with Crippen LogP contribution in [0.25, 0.3) is 0 Å². The van der Waals surface area contributed by atoms with Gasteiger partial charge in [-0.3, -0.25) is 4.79 Å². The maximum atomic E-state index is 12.2. The molecular formula is C12H18N4O. The van der Waals surface area contributed by atoms with Crippen molar-refractivity contribution in [1.29, 1.82) is 0 Å². The Morgan fingerprint density at radius 3 is 2.94 bits per heavy atom. The first kappa shape index (κ1) is 11.9. The minimum Gasteiger partial charge on any atom is -0.397 e. The van der Waals surface area contributed by atoms with Crippen LogP contribution in [0.2, 0.25) is 0 Å². The minimum atomic E-state index is -0.0625. The summed E-state index contributed by atoms with van der Waals surface area (Å²) in [4.78, 5) is 20.2. The number of carbonyl (C=O) groups is 1. The van der Waals surface area contributed by atoms with Crippen molar-refractivity contribution in [2.75, 3.05) is 32.9 Å².